The largest absolute Gasteiger partial charge is 0.392 e. The van der Waals surface area contributed by atoms with Gasteiger partial charge in [0.05, 0.1) is 18.6 Å². The van der Waals surface area contributed by atoms with E-state index in [1.807, 2.05) is 0 Å². The lowest BCUT2D eigenvalue weighted by Gasteiger charge is -2.24. The van der Waals surface area contributed by atoms with E-state index in [-0.39, 0.29) is 5.92 Å². The summed E-state index contributed by atoms with van der Waals surface area (Å²) in [6.45, 7) is 5.28. The molecule has 5 heteroatoms. The van der Waals surface area contributed by atoms with Crippen molar-refractivity contribution in [2.24, 2.45) is 5.92 Å². The molecule has 1 aromatic rings. The highest BCUT2D eigenvalue weighted by Crippen LogP contribution is 2.24. The Hall–Kier alpha value is -0.940. The Morgan fingerprint density at radius 2 is 2.31 bits per heavy atom. The summed E-state index contributed by atoms with van der Waals surface area (Å²) < 4.78 is 10.5. The van der Waals surface area contributed by atoms with Crippen molar-refractivity contribution in [3.8, 4) is 0 Å². The van der Waals surface area contributed by atoms with E-state index < -0.39 is 6.10 Å². The first-order valence-electron chi connectivity index (χ1n) is 5.75. The van der Waals surface area contributed by atoms with Crippen LogP contribution in [0.3, 0.4) is 0 Å². The Morgan fingerprint density at radius 1 is 1.50 bits per heavy atom. The van der Waals surface area contributed by atoms with Crippen LogP contribution < -0.4 is 0 Å². The summed E-state index contributed by atoms with van der Waals surface area (Å²) in [7, 11) is 0. The first-order chi connectivity index (χ1) is 7.66. The summed E-state index contributed by atoms with van der Waals surface area (Å²) in [5.74, 6) is 1.55. The average molecular weight is 226 g/mol. The van der Waals surface area contributed by atoms with E-state index in [2.05, 4.69) is 24.0 Å². The molecule has 2 atom stereocenters. The third kappa shape index (κ3) is 2.59. The van der Waals surface area contributed by atoms with Gasteiger partial charge in [-0.05, 0) is 12.3 Å². The molecule has 1 fully saturated rings. The van der Waals surface area contributed by atoms with Crippen molar-refractivity contribution in [2.45, 2.75) is 38.7 Å². The molecule has 0 aromatic carbocycles. The molecular formula is C11H18N2O3. The molecular weight excluding hydrogens is 208 g/mol. The molecule has 1 aliphatic heterocycles. The third-order valence-electron chi connectivity index (χ3n) is 2.71. The number of aliphatic hydroxyl groups is 1. The van der Waals surface area contributed by atoms with Gasteiger partial charge in [-0.25, -0.2) is 0 Å². The van der Waals surface area contributed by atoms with Gasteiger partial charge < -0.3 is 14.4 Å². The highest BCUT2D eigenvalue weighted by Gasteiger charge is 2.30. The van der Waals surface area contributed by atoms with Gasteiger partial charge in [0.25, 0.3) is 0 Å². The van der Waals surface area contributed by atoms with Crippen molar-refractivity contribution < 1.29 is 14.4 Å². The molecule has 0 amide bonds. The Labute approximate surface area is 94.8 Å². The quantitative estimate of drug-likeness (QED) is 0.836. The maximum atomic E-state index is 9.81. The van der Waals surface area contributed by atoms with Gasteiger partial charge in [0.15, 0.2) is 5.82 Å². The molecule has 1 N–H and O–H groups in total. The lowest BCUT2D eigenvalue weighted by molar-refractivity contribution is -0.0149. The number of aliphatic hydroxyl groups excluding tert-OH is 1. The zero-order valence-corrected chi connectivity index (χ0v) is 9.72. The van der Waals surface area contributed by atoms with Crippen molar-refractivity contribution >= 4 is 0 Å². The molecule has 0 aliphatic carbocycles. The summed E-state index contributed by atoms with van der Waals surface area (Å²) in [5, 5.41) is 13.7. The summed E-state index contributed by atoms with van der Waals surface area (Å²) in [5.41, 5.74) is 0. The van der Waals surface area contributed by atoms with E-state index in [0.29, 0.717) is 37.3 Å². The van der Waals surface area contributed by atoms with Crippen LogP contribution in [0.15, 0.2) is 4.52 Å². The fraction of sp³-hybridized carbons (Fsp3) is 0.818. The molecule has 1 saturated heterocycles. The van der Waals surface area contributed by atoms with Crippen LogP contribution in [-0.4, -0.2) is 34.6 Å². The maximum absolute atomic E-state index is 9.81. The van der Waals surface area contributed by atoms with Crippen LogP contribution in [0, 0.1) is 5.92 Å². The van der Waals surface area contributed by atoms with E-state index in [1.54, 1.807) is 0 Å². The zero-order chi connectivity index (χ0) is 11.5. The number of hydrogen-bond acceptors (Lipinski definition) is 5. The van der Waals surface area contributed by atoms with Gasteiger partial charge >= 0.3 is 0 Å². The van der Waals surface area contributed by atoms with Crippen molar-refractivity contribution in [3.63, 3.8) is 0 Å². The second-order valence-electron chi connectivity index (χ2n) is 4.68. The summed E-state index contributed by atoms with van der Waals surface area (Å²) in [6, 6.07) is 0. The normalized spacial score (nSPS) is 26.2. The van der Waals surface area contributed by atoms with Gasteiger partial charge in [0, 0.05) is 13.0 Å². The molecule has 1 aliphatic rings. The van der Waals surface area contributed by atoms with Crippen LogP contribution in [0.2, 0.25) is 0 Å². The Morgan fingerprint density at radius 3 is 3.00 bits per heavy atom. The second kappa shape index (κ2) is 4.93. The van der Waals surface area contributed by atoms with Crippen molar-refractivity contribution in [1.29, 1.82) is 0 Å². The van der Waals surface area contributed by atoms with Gasteiger partial charge in [0.1, 0.15) is 0 Å². The molecule has 16 heavy (non-hydrogen) atoms. The number of rotatable bonds is 3. The van der Waals surface area contributed by atoms with Gasteiger partial charge in [-0.15, -0.1) is 0 Å². The molecule has 5 nitrogen and oxygen atoms in total. The minimum atomic E-state index is -0.430. The van der Waals surface area contributed by atoms with E-state index in [4.69, 9.17) is 9.26 Å². The summed E-state index contributed by atoms with van der Waals surface area (Å²) >= 11 is 0. The van der Waals surface area contributed by atoms with Gasteiger partial charge in [-0.2, -0.15) is 4.98 Å². The molecule has 1 aromatic heterocycles. The predicted octanol–water partition coefficient (Wildman–Crippen LogP) is 1.13. The van der Waals surface area contributed by atoms with E-state index in [1.165, 1.54) is 0 Å². The van der Waals surface area contributed by atoms with Crippen LogP contribution in [0.4, 0.5) is 0 Å². The first-order valence-corrected chi connectivity index (χ1v) is 5.75. The van der Waals surface area contributed by atoms with E-state index >= 15 is 0 Å². The van der Waals surface area contributed by atoms with E-state index in [0.717, 1.165) is 6.42 Å². The van der Waals surface area contributed by atoms with Crippen LogP contribution in [0.25, 0.3) is 0 Å². The lowest BCUT2D eigenvalue weighted by Crippen LogP contribution is -2.30. The molecule has 2 unspecified atom stereocenters. The van der Waals surface area contributed by atoms with Crippen LogP contribution in [0.1, 0.15) is 37.9 Å². The van der Waals surface area contributed by atoms with Crippen LogP contribution in [-0.2, 0) is 11.2 Å². The van der Waals surface area contributed by atoms with Gasteiger partial charge in [0.2, 0.25) is 5.89 Å². The zero-order valence-electron chi connectivity index (χ0n) is 9.72. The van der Waals surface area contributed by atoms with Crippen molar-refractivity contribution in [3.05, 3.63) is 11.7 Å². The number of nitrogens with zero attached hydrogens (tertiary/aromatic N) is 2. The monoisotopic (exact) mass is 226 g/mol. The standard InChI is InChI=1S/C11H18N2O3/c1-7(2)5-10-12-11(16-13-10)8-6-15-4-3-9(8)14/h7-9,14H,3-6H2,1-2H3. The number of aromatic nitrogens is 2. The highest BCUT2D eigenvalue weighted by molar-refractivity contribution is 4.99. The molecule has 0 spiro atoms. The van der Waals surface area contributed by atoms with Gasteiger partial charge in [-0.1, -0.05) is 19.0 Å². The minimum Gasteiger partial charge on any atom is -0.392 e. The third-order valence-corrected chi connectivity index (χ3v) is 2.71. The molecule has 2 heterocycles. The first kappa shape index (κ1) is 11.5. The molecule has 2 rings (SSSR count). The number of hydrogen-bond donors (Lipinski definition) is 1. The Kier molecular flexibility index (Phi) is 3.56. The Balaban J connectivity index is 2.05. The fourth-order valence-electron chi connectivity index (χ4n) is 1.83. The minimum absolute atomic E-state index is 0.165. The maximum Gasteiger partial charge on any atom is 0.234 e. The smallest absolute Gasteiger partial charge is 0.234 e. The molecule has 0 radical (unpaired) electrons. The topological polar surface area (TPSA) is 68.4 Å². The number of ether oxygens (including phenoxy) is 1. The second-order valence-corrected chi connectivity index (χ2v) is 4.68. The van der Waals surface area contributed by atoms with E-state index in [9.17, 15) is 5.11 Å². The summed E-state index contributed by atoms with van der Waals surface area (Å²) in [6.07, 6.45) is 1.00. The van der Waals surface area contributed by atoms with Crippen molar-refractivity contribution in [1.82, 2.24) is 10.1 Å². The molecule has 90 valence electrons. The van der Waals surface area contributed by atoms with Crippen LogP contribution >= 0.6 is 0 Å². The fourth-order valence-corrected chi connectivity index (χ4v) is 1.83. The molecule has 0 saturated carbocycles. The lowest BCUT2D eigenvalue weighted by atomic mass is 9.99. The predicted molar refractivity (Wildman–Crippen MR) is 57.0 cm³/mol. The van der Waals surface area contributed by atoms with Crippen LogP contribution in [0.5, 0.6) is 0 Å². The highest BCUT2D eigenvalue weighted by atomic mass is 16.5. The molecule has 0 bridgehead atoms. The van der Waals surface area contributed by atoms with Crippen molar-refractivity contribution in [2.75, 3.05) is 13.2 Å². The SMILES string of the molecule is CC(C)Cc1noc(C2COCCC2O)n1. The Bertz CT molecular complexity index is 338. The van der Waals surface area contributed by atoms with Gasteiger partial charge in [-0.3, -0.25) is 0 Å². The summed E-state index contributed by atoms with van der Waals surface area (Å²) in [4.78, 5) is 4.31. The average Bonchev–Trinajstić information content (AvgIpc) is 2.66.